The molecule has 1 fully saturated rings. The summed E-state index contributed by atoms with van der Waals surface area (Å²) >= 11 is 0. The number of anilines is 1. The lowest BCUT2D eigenvalue weighted by molar-refractivity contribution is -0.133. The van der Waals surface area contributed by atoms with E-state index in [1.807, 2.05) is 29.2 Å². The van der Waals surface area contributed by atoms with Gasteiger partial charge in [0.25, 0.3) is 0 Å². The van der Waals surface area contributed by atoms with Crippen LogP contribution in [0.5, 0.6) is 0 Å². The number of aliphatic hydroxyl groups is 1. The summed E-state index contributed by atoms with van der Waals surface area (Å²) in [5.41, 5.74) is 1.42. The molecule has 1 aromatic carbocycles. The van der Waals surface area contributed by atoms with E-state index in [-0.39, 0.29) is 11.8 Å². The molecule has 0 aromatic heterocycles. The van der Waals surface area contributed by atoms with E-state index in [1.54, 1.807) is 6.92 Å². The third-order valence-electron chi connectivity index (χ3n) is 4.39. The Kier molecular flexibility index (Phi) is 3.21. The summed E-state index contributed by atoms with van der Waals surface area (Å²) in [6.07, 6.45) is 1.48. The molecule has 20 heavy (non-hydrogen) atoms. The average molecular weight is 274 g/mol. The van der Waals surface area contributed by atoms with Crippen molar-refractivity contribution in [3.05, 3.63) is 29.8 Å². The predicted molar refractivity (Wildman–Crippen MR) is 78.7 cm³/mol. The molecule has 0 radical (unpaired) electrons. The zero-order valence-corrected chi connectivity index (χ0v) is 12.1. The molecule has 1 aromatic rings. The molecule has 3 rings (SSSR count). The molecule has 0 aliphatic carbocycles. The summed E-state index contributed by atoms with van der Waals surface area (Å²) in [5, 5.41) is 13.5. The van der Waals surface area contributed by atoms with Gasteiger partial charge in [0.15, 0.2) is 0 Å². The Labute approximate surface area is 119 Å². The summed E-state index contributed by atoms with van der Waals surface area (Å²) in [6.45, 7) is 5.02. The third kappa shape index (κ3) is 2.40. The van der Waals surface area contributed by atoms with Gasteiger partial charge in [-0.05, 0) is 38.3 Å². The van der Waals surface area contributed by atoms with Gasteiger partial charge < -0.3 is 15.3 Å². The third-order valence-corrected chi connectivity index (χ3v) is 4.39. The fourth-order valence-electron chi connectivity index (χ4n) is 3.32. The lowest BCUT2D eigenvalue weighted by Crippen LogP contribution is -2.40. The van der Waals surface area contributed by atoms with Crippen LogP contribution < -0.4 is 5.32 Å². The number of para-hydroxylation sites is 1. The number of hydrogen-bond acceptors (Lipinski definition) is 3. The Bertz CT molecular complexity index is 527. The quantitative estimate of drug-likeness (QED) is 0.823. The second kappa shape index (κ2) is 4.77. The summed E-state index contributed by atoms with van der Waals surface area (Å²) in [6, 6.07) is 8.33. The van der Waals surface area contributed by atoms with Crippen LogP contribution in [0.4, 0.5) is 5.69 Å². The molecule has 3 unspecified atom stereocenters. The number of benzene rings is 1. The van der Waals surface area contributed by atoms with Crippen LogP contribution in [0.25, 0.3) is 0 Å². The average Bonchev–Trinajstić information content (AvgIpc) is 2.77. The summed E-state index contributed by atoms with van der Waals surface area (Å²) in [7, 11) is 0. The number of amides is 1. The Morgan fingerprint density at radius 3 is 2.90 bits per heavy atom. The van der Waals surface area contributed by atoms with Crippen LogP contribution in [0, 0.1) is 0 Å². The van der Waals surface area contributed by atoms with Gasteiger partial charge >= 0.3 is 0 Å². The summed E-state index contributed by atoms with van der Waals surface area (Å²) < 4.78 is 0. The number of rotatable bonds is 1. The molecule has 1 amide bonds. The Hall–Kier alpha value is -1.55. The second-order valence-corrected chi connectivity index (χ2v) is 6.43. The minimum atomic E-state index is -0.728. The summed E-state index contributed by atoms with van der Waals surface area (Å²) in [5.74, 6) is 0.0694. The van der Waals surface area contributed by atoms with Crippen LogP contribution in [0.2, 0.25) is 0 Å². The minimum absolute atomic E-state index is 0.0867. The number of carbonyl (C=O) groups is 1. The van der Waals surface area contributed by atoms with E-state index in [0.717, 1.165) is 17.7 Å². The van der Waals surface area contributed by atoms with Crippen molar-refractivity contribution in [2.24, 2.45) is 0 Å². The van der Waals surface area contributed by atoms with E-state index in [9.17, 15) is 9.90 Å². The maximum atomic E-state index is 12.8. The van der Waals surface area contributed by atoms with Gasteiger partial charge in [0.1, 0.15) is 0 Å². The maximum Gasteiger partial charge on any atom is 0.230 e. The van der Waals surface area contributed by atoms with Gasteiger partial charge in [0.2, 0.25) is 5.91 Å². The Morgan fingerprint density at radius 2 is 2.20 bits per heavy atom. The van der Waals surface area contributed by atoms with Gasteiger partial charge in [-0.15, -0.1) is 0 Å². The molecule has 108 valence electrons. The van der Waals surface area contributed by atoms with Crippen molar-refractivity contribution in [3.63, 3.8) is 0 Å². The number of nitrogens with zero attached hydrogens (tertiary/aromatic N) is 1. The van der Waals surface area contributed by atoms with Gasteiger partial charge in [0.05, 0.1) is 11.5 Å². The van der Waals surface area contributed by atoms with E-state index in [2.05, 4.69) is 12.2 Å². The minimum Gasteiger partial charge on any atom is -0.388 e. The van der Waals surface area contributed by atoms with Crippen LogP contribution in [-0.2, 0) is 4.79 Å². The highest BCUT2D eigenvalue weighted by atomic mass is 16.3. The highest BCUT2D eigenvalue weighted by Crippen LogP contribution is 2.36. The lowest BCUT2D eigenvalue weighted by atomic mass is 9.86. The van der Waals surface area contributed by atoms with Gasteiger partial charge in [-0.2, -0.15) is 0 Å². The maximum absolute atomic E-state index is 12.8. The Morgan fingerprint density at radius 1 is 1.45 bits per heavy atom. The van der Waals surface area contributed by atoms with E-state index in [1.165, 1.54) is 0 Å². The molecular weight excluding hydrogens is 252 g/mol. The highest BCUT2D eigenvalue weighted by Gasteiger charge is 2.38. The molecule has 2 aliphatic rings. The first-order valence-electron chi connectivity index (χ1n) is 7.33. The molecule has 0 saturated carbocycles. The van der Waals surface area contributed by atoms with E-state index < -0.39 is 5.60 Å². The Balaban J connectivity index is 1.85. The zero-order valence-electron chi connectivity index (χ0n) is 12.1. The normalized spacial score (nSPS) is 32.6. The van der Waals surface area contributed by atoms with Crippen molar-refractivity contribution in [2.45, 2.75) is 44.2 Å². The van der Waals surface area contributed by atoms with Gasteiger partial charge in [-0.25, -0.2) is 0 Å². The van der Waals surface area contributed by atoms with Crippen LogP contribution in [-0.4, -0.2) is 40.6 Å². The first kappa shape index (κ1) is 13.4. The molecule has 0 bridgehead atoms. The van der Waals surface area contributed by atoms with Crippen molar-refractivity contribution in [2.75, 3.05) is 18.4 Å². The molecule has 1 saturated heterocycles. The standard InChI is InChI=1S/C16H22N2O2/c1-11-9-13(12-5-3-4-6-14(12)17-11)15(19)18-8-7-16(2,20)10-18/h3-6,11,13,17,20H,7-10H2,1-2H3. The summed E-state index contributed by atoms with van der Waals surface area (Å²) in [4.78, 5) is 14.6. The first-order chi connectivity index (χ1) is 9.46. The number of likely N-dealkylation sites (tertiary alicyclic amines) is 1. The fourth-order valence-corrected chi connectivity index (χ4v) is 3.32. The van der Waals surface area contributed by atoms with Crippen molar-refractivity contribution in [3.8, 4) is 0 Å². The smallest absolute Gasteiger partial charge is 0.230 e. The van der Waals surface area contributed by atoms with Crippen LogP contribution >= 0.6 is 0 Å². The van der Waals surface area contributed by atoms with Crippen molar-refractivity contribution in [1.82, 2.24) is 4.90 Å². The van der Waals surface area contributed by atoms with Crippen LogP contribution in [0.1, 0.15) is 38.2 Å². The lowest BCUT2D eigenvalue weighted by Gasteiger charge is -2.33. The SMILES string of the molecule is CC1CC(C(=O)N2CCC(C)(O)C2)c2ccccc2N1. The fraction of sp³-hybridized carbons (Fsp3) is 0.562. The molecule has 3 atom stereocenters. The number of carbonyl (C=O) groups excluding carboxylic acids is 1. The molecule has 2 aliphatic heterocycles. The zero-order chi connectivity index (χ0) is 14.3. The van der Waals surface area contributed by atoms with Crippen molar-refractivity contribution >= 4 is 11.6 Å². The number of β-amino-alcohol motifs (C(OH)–C–C–N with tert-alkyl or cyclic N) is 1. The van der Waals surface area contributed by atoms with Crippen molar-refractivity contribution in [1.29, 1.82) is 0 Å². The monoisotopic (exact) mass is 274 g/mol. The molecule has 2 heterocycles. The number of nitrogens with one attached hydrogen (secondary N) is 1. The molecule has 4 heteroatoms. The van der Waals surface area contributed by atoms with Crippen LogP contribution in [0.3, 0.4) is 0 Å². The second-order valence-electron chi connectivity index (χ2n) is 6.43. The molecule has 2 N–H and O–H groups in total. The molecular formula is C16H22N2O2. The van der Waals surface area contributed by atoms with E-state index in [4.69, 9.17) is 0 Å². The topological polar surface area (TPSA) is 52.6 Å². The molecule has 4 nitrogen and oxygen atoms in total. The van der Waals surface area contributed by atoms with Gasteiger partial charge in [-0.3, -0.25) is 4.79 Å². The largest absolute Gasteiger partial charge is 0.388 e. The van der Waals surface area contributed by atoms with Crippen LogP contribution in [0.15, 0.2) is 24.3 Å². The number of hydrogen-bond donors (Lipinski definition) is 2. The van der Waals surface area contributed by atoms with Crippen molar-refractivity contribution < 1.29 is 9.90 Å². The van der Waals surface area contributed by atoms with E-state index >= 15 is 0 Å². The van der Waals surface area contributed by atoms with Gasteiger partial charge in [-0.1, -0.05) is 18.2 Å². The van der Waals surface area contributed by atoms with E-state index in [0.29, 0.717) is 25.6 Å². The highest BCUT2D eigenvalue weighted by molar-refractivity contribution is 5.86. The van der Waals surface area contributed by atoms with Gasteiger partial charge in [0, 0.05) is 24.8 Å². The first-order valence-corrected chi connectivity index (χ1v) is 7.33. The number of fused-ring (bicyclic) bond motifs is 1. The molecule has 0 spiro atoms. The predicted octanol–water partition coefficient (Wildman–Crippen LogP) is 1.96.